The summed E-state index contributed by atoms with van der Waals surface area (Å²) in [5.41, 5.74) is -4.03. The van der Waals surface area contributed by atoms with Crippen LogP contribution in [-0.2, 0) is 9.47 Å². The fourth-order valence-corrected chi connectivity index (χ4v) is 3.82. The Kier molecular flexibility index (Phi) is 5.15. The molecule has 0 bridgehead atoms. The summed E-state index contributed by atoms with van der Waals surface area (Å²) in [4.78, 5) is 41.7. The van der Waals surface area contributed by atoms with E-state index in [4.69, 9.17) is 9.47 Å². The number of aromatic nitrogens is 4. The van der Waals surface area contributed by atoms with Crippen LogP contribution in [0.1, 0.15) is 12.5 Å². The van der Waals surface area contributed by atoms with Crippen LogP contribution in [0.4, 0.5) is 0 Å². The summed E-state index contributed by atoms with van der Waals surface area (Å²) in [6.07, 6.45) is -12.1. The Hall–Kier alpha value is -2.37. The van der Waals surface area contributed by atoms with Crippen LogP contribution in [0.15, 0.2) is 14.4 Å². The van der Waals surface area contributed by atoms with Crippen molar-refractivity contribution >= 4 is 11.2 Å². The summed E-state index contributed by atoms with van der Waals surface area (Å²) in [7, 11) is 0. The molecule has 4 rings (SSSR count). The highest BCUT2D eigenvalue weighted by molar-refractivity contribution is 5.70. The van der Waals surface area contributed by atoms with Crippen molar-refractivity contribution < 1.29 is 40.1 Å². The van der Waals surface area contributed by atoms with Gasteiger partial charge in [-0.1, -0.05) is 0 Å². The monoisotopic (exact) mass is 432 g/mol. The molecule has 2 aromatic rings. The lowest BCUT2D eigenvalue weighted by Gasteiger charge is -2.19. The molecule has 4 heterocycles. The largest absolute Gasteiger partial charge is 0.394 e. The van der Waals surface area contributed by atoms with Crippen molar-refractivity contribution in [2.24, 2.45) is 0 Å². The summed E-state index contributed by atoms with van der Waals surface area (Å²) in [6.45, 7) is -1.34. The molecule has 2 saturated heterocycles. The Morgan fingerprint density at radius 1 is 0.733 bits per heavy atom. The second-order valence-electron chi connectivity index (χ2n) is 7.08. The standard InChI is InChI=1S/C15H20N4O11/c20-1-3-6(22)8(24)12(29-3)18-5-10(16-14(18)27)19(15(28)17-11(5)26)13-9(25)7(23)4(2-21)30-13/h3-4,6-9,12-13,20-25H,1-2H2,(H,16,27)(H,17,26,28)/t3-,4-,6+,7+,8+,9+,12-,13-/m1/s1. The summed E-state index contributed by atoms with van der Waals surface area (Å²) in [5.74, 6) is 0. The normalized spacial score (nSPS) is 36.7. The number of aliphatic hydroxyl groups is 6. The van der Waals surface area contributed by atoms with Crippen LogP contribution in [0, 0.1) is 0 Å². The summed E-state index contributed by atoms with van der Waals surface area (Å²) >= 11 is 0. The molecule has 15 nitrogen and oxygen atoms in total. The molecule has 30 heavy (non-hydrogen) atoms. The maximum atomic E-state index is 12.6. The molecule has 15 heteroatoms. The second-order valence-corrected chi connectivity index (χ2v) is 7.08. The van der Waals surface area contributed by atoms with Crippen molar-refractivity contribution in [3.05, 3.63) is 31.3 Å². The second kappa shape index (κ2) is 7.40. The van der Waals surface area contributed by atoms with E-state index in [0.717, 1.165) is 0 Å². The molecule has 0 radical (unpaired) electrons. The van der Waals surface area contributed by atoms with Gasteiger partial charge >= 0.3 is 11.4 Å². The van der Waals surface area contributed by atoms with E-state index in [-0.39, 0.29) is 0 Å². The van der Waals surface area contributed by atoms with Crippen LogP contribution in [0.5, 0.6) is 0 Å². The molecule has 8 atom stereocenters. The third-order valence-electron chi connectivity index (χ3n) is 5.35. The third-order valence-corrected chi connectivity index (χ3v) is 5.35. The van der Waals surface area contributed by atoms with Gasteiger partial charge in [-0.05, 0) is 0 Å². The number of hydrogen-bond donors (Lipinski definition) is 8. The molecule has 2 aromatic heterocycles. The fraction of sp³-hybridized carbons (Fsp3) is 0.667. The number of ether oxygens (including phenoxy) is 2. The van der Waals surface area contributed by atoms with Crippen LogP contribution in [0.3, 0.4) is 0 Å². The summed E-state index contributed by atoms with van der Waals surface area (Å²) in [5, 5.41) is 58.8. The Bertz CT molecular complexity index is 1120. The van der Waals surface area contributed by atoms with E-state index in [1.807, 2.05) is 4.98 Å². The average molecular weight is 432 g/mol. The Balaban J connectivity index is 1.91. The number of nitrogens with zero attached hydrogens (tertiary/aromatic N) is 2. The minimum Gasteiger partial charge on any atom is -0.394 e. The van der Waals surface area contributed by atoms with Crippen molar-refractivity contribution in [3.63, 3.8) is 0 Å². The molecule has 166 valence electrons. The molecule has 8 N–H and O–H groups in total. The van der Waals surface area contributed by atoms with Gasteiger partial charge in [0.1, 0.15) is 36.6 Å². The van der Waals surface area contributed by atoms with Gasteiger partial charge in [-0.25, -0.2) is 14.2 Å². The van der Waals surface area contributed by atoms with Crippen LogP contribution >= 0.6 is 0 Å². The maximum Gasteiger partial charge on any atom is 0.332 e. The van der Waals surface area contributed by atoms with Gasteiger partial charge in [-0.2, -0.15) is 0 Å². The molecule has 2 aliphatic rings. The van der Waals surface area contributed by atoms with E-state index >= 15 is 0 Å². The van der Waals surface area contributed by atoms with Gasteiger partial charge in [0.05, 0.1) is 13.2 Å². The number of fused-ring (bicyclic) bond motifs is 1. The minimum atomic E-state index is -1.69. The highest BCUT2D eigenvalue weighted by atomic mass is 16.6. The zero-order valence-electron chi connectivity index (χ0n) is 15.2. The van der Waals surface area contributed by atoms with Crippen molar-refractivity contribution in [1.82, 2.24) is 19.1 Å². The van der Waals surface area contributed by atoms with Crippen molar-refractivity contribution in [3.8, 4) is 0 Å². The van der Waals surface area contributed by atoms with Gasteiger partial charge in [0.15, 0.2) is 23.6 Å². The van der Waals surface area contributed by atoms with E-state index in [2.05, 4.69) is 4.98 Å². The van der Waals surface area contributed by atoms with Crippen molar-refractivity contribution in [1.29, 1.82) is 0 Å². The SMILES string of the molecule is O=c1[nH]c(=O)n([C@@H]2O[C@H](CO)[C@H](O)[C@@H]2O)c2[nH]c(=O)n([C@@H]3O[C@H](CO)[C@H](O)[C@@H]3O)c12. The Labute approximate surface area is 165 Å². The molecule has 0 amide bonds. The number of aliphatic hydroxyl groups excluding tert-OH is 6. The number of H-pyrrole nitrogens is 2. The molecule has 0 aliphatic carbocycles. The first-order valence-corrected chi connectivity index (χ1v) is 8.95. The highest BCUT2D eigenvalue weighted by Gasteiger charge is 2.47. The quantitative estimate of drug-likeness (QED) is 0.227. The van der Waals surface area contributed by atoms with Crippen LogP contribution in [0.25, 0.3) is 11.2 Å². The number of imidazole rings is 1. The smallest absolute Gasteiger partial charge is 0.332 e. The predicted octanol–water partition coefficient (Wildman–Crippen LogP) is -5.60. The van der Waals surface area contributed by atoms with E-state index in [9.17, 15) is 45.0 Å². The molecular weight excluding hydrogens is 412 g/mol. The topological polar surface area (TPSA) is 232 Å². The average Bonchev–Trinajstić information content (AvgIpc) is 3.29. The lowest BCUT2D eigenvalue weighted by molar-refractivity contribution is -0.0537. The van der Waals surface area contributed by atoms with Crippen molar-refractivity contribution in [2.75, 3.05) is 13.2 Å². The molecular formula is C15H20N4O11. The van der Waals surface area contributed by atoms with Crippen LogP contribution in [-0.4, -0.2) is 99.6 Å². The zero-order valence-corrected chi connectivity index (χ0v) is 15.2. The third kappa shape index (κ3) is 2.87. The molecule has 0 unspecified atom stereocenters. The number of nitrogens with one attached hydrogen (secondary N) is 2. The van der Waals surface area contributed by atoms with Gasteiger partial charge in [0.25, 0.3) is 5.56 Å². The number of rotatable bonds is 4. The molecule has 2 aliphatic heterocycles. The molecule has 2 fully saturated rings. The lowest BCUT2D eigenvalue weighted by Crippen LogP contribution is -2.39. The first kappa shape index (κ1) is 20.9. The van der Waals surface area contributed by atoms with E-state index in [0.29, 0.717) is 9.13 Å². The van der Waals surface area contributed by atoms with Crippen LogP contribution in [0.2, 0.25) is 0 Å². The van der Waals surface area contributed by atoms with Crippen molar-refractivity contribution in [2.45, 2.75) is 49.1 Å². The summed E-state index contributed by atoms with van der Waals surface area (Å²) in [6, 6.07) is 0. The van der Waals surface area contributed by atoms with Crippen LogP contribution < -0.4 is 16.9 Å². The molecule has 0 spiro atoms. The van der Waals surface area contributed by atoms with Gasteiger partial charge in [-0.15, -0.1) is 0 Å². The van der Waals surface area contributed by atoms with Gasteiger partial charge < -0.3 is 40.1 Å². The first-order chi connectivity index (χ1) is 14.2. The fourth-order valence-electron chi connectivity index (χ4n) is 3.82. The zero-order chi connectivity index (χ0) is 21.9. The van der Waals surface area contributed by atoms with Gasteiger partial charge in [0, 0.05) is 0 Å². The molecule has 0 aromatic carbocycles. The number of aromatic amines is 2. The first-order valence-electron chi connectivity index (χ1n) is 8.95. The maximum absolute atomic E-state index is 12.6. The number of hydrogen-bond acceptors (Lipinski definition) is 11. The van der Waals surface area contributed by atoms with E-state index < -0.39 is 90.4 Å². The van der Waals surface area contributed by atoms with E-state index in [1.165, 1.54) is 0 Å². The van der Waals surface area contributed by atoms with E-state index in [1.54, 1.807) is 0 Å². The Morgan fingerprint density at radius 3 is 1.67 bits per heavy atom. The molecule has 0 saturated carbocycles. The predicted molar refractivity (Wildman–Crippen MR) is 93.5 cm³/mol. The Morgan fingerprint density at radius 2 is 1.20 bits per heavy atom. The highest BCUT2D eigenvalue weighted by Crippen LogP contribution is 2.32. The van der Waals surface area contributed by atoms with Gasteiger partial charge in [0.2, 0.25) is 0 Å². The lowest BCUT2D eigenvalue weighted by atomic mass is 10.1. The summed E-state index contributed by atoms with van der Waals surface area (Å²) < 4.78 is 11.9. The minimum absolute atomic E-state index is 0.415. The van der Waals surface area contributed by atoms with Gasteiger partial charge in [-0.3, -0.25) is 19.3 Å².